The highest BCUT2D eigenvalue weighted by Gasteiger charge is 2.20. The molecule has 0 aromatic rings. The Labute approximate surface area is 95.5 Å². The van der Waals surface area contributed by atoms with E-state index in [0.717, 1.165) is 19.6 Å². The van der Waals surface area contributed by atoms with Gasteiger partial charge in [-0.15, -0.1) is 0 Å². The average molecular weight is 281 g/mol. The minimum absolute atomic E-state index is 0.198. The maximum atomic E-state index is 5.44. The molecule has 2 fully saturated rings. The second kappa shape index (κ2) is 7.54. The zero-order valence-electron chi connectivity index (χ0n) is 7.69. The summed E-state index contributed by atoms with van der Waals surface area (Å²) in [4.78, 5) is 0. The van der Waals surface area contributed by atoms with Crippen molar-refractivity contribution in [1.29, 1.82) is 0 Å². The molecule has 4 nitrogen and oxygen atoms in total. The Morgan fingerprint density at radius 1 is 1.07 bits per heavy atom. The van der Waals surface area contributed by atoms with Gasteiger partial charge >= 0.3 is 0 Å². The molecular weight excluding hydrogens is 269 g/mol. The van der Waals surface area contributed by atoms with Crippen LogP contribution in [-0.2, 0) is 18.1 Å². The molecule has 84 valence electrons. The number of hydrogen-bond donors (Lipinski definition) is 0. The third-order valence-corrected chi connectivity index (χ3v) is 4.11. The fourth-order valence-electron chi connectivity index (χ4n) is 0.735. The molecule has 0 aromatic carbocycles. The second-order valence-electron chi connectivity index (χ2n) is 2.66. The first-order valence-electron chi connectivity index (χ1n) is 4.16. The van der Waals surface area contributed by atoms with Crippen LogP contribution in [0.15, 0.2) is 0 Å². The first-order valence-corrected chi connectivity index (χ1v) is 8.32. The molecule has 0 amide bonds. The maximum Gasteiger partial charge on any atom is 0.277 e. The van der Waals surface area contributed by atoms with Gasteiger partial charge in [-0.1, -0.05) is 0 Å². The first kappa shape index (κ1) is 13.3. The molecule has 0 N–H and O–H groups in total. The van der Waals surface area contributed by atoms with Crippen LogP contribution in [0.4, 0.5) is 0 Å². The van der Waals surface area contributed by atoms with Crippen LogP contribution < -0.4 is 0 Å². The molecule has 8 heteroatoms. The van der Waals surface area contributed by atoms with Crippen molar-refractivity contribution in [3.05, 3.63) is 0 Å². The first-order chi connectivity index (χ1) is 6.68. The van der Waals surface area contributed by atoms with Crippen LogP contribution in [0.5, 0.6) is 0 Å². The third kappa shape index (κ3) is 5.99. The van der Waals surface area contributed by atoms with E-state index in [4.69, 9.17) is 40.6 Å². The average Bonchev–Trinajstić information content (AvgIpc) is 2.52. The lowest BCUT2D eigenvalue weighted by molar-refractivity contribution is 0.192. The van der Waals surface area contributed by atoms with Gasteiger partial charge in [0, 0.05) is 0 Å². The number of hydrogen-bond acceptors (Lipinski definition) is 4. The normalized spacial score (nSPS) is 33.6. The van der Waals surface area contributed by atoms with Crippen molar-refractivity contribution in [1.82, 2.24) is 0 Å². The van der Waals surface area contributed by atoms with Gasteiger partial charge < -0.3 is 18.1 Å². The molecule has 2 aliphatic heterocycles. The van der Waals surface area contributed by atoms with Crippen molar-refractivity contribution in [2.75, 3.05) is 19.8 Å². The molecule has 0 aromatic heterocycles. The van der Waals surface area contributed by atoms with Crippen molar-refractivity contribution in [2.24, 2.45) is 0 Å². The highest BCUT2D eigenvalue weighted by Crippen LogP contribution is 2.49. The summed E-state index contributed by atoms with van der Waals surface area (Å²) < 4.78 is 19.6. The van der Waals surface area contributed by atoms with E-state index in [1.165, 1.54) is 0 Å². The van der Waals surface area contributed by atoms with Crippen molar-refractivity contribution in [3.63, 3.8) is 0 Å². The third-order valence-electron chi connectivity index (χ3n) is 1.35. The minimum Gasteiger partial charge on any atom is -0.322 e. The Kier molecular flexibility index (Phi) is 7.18. The topological polar surface area (TPSA) is 36.9 Å². The summed E-state index contributed by atoms with van der Waals surface area (Å²) >= 11 is 10.9. The Balaban J connectivity index is 0.000000140. The molecule has 2 rings (SSSR count). The van der Waals surface area contributed by atoms with E-state index in [1.54, 1.807) is 0 Å². The molecule has 2 atom stereocenters. The highest BCUT2D eigenvalue weighted by atomic mass is 35.7. The van der Waals surface area contributed by atoms with Crippen molar-refractivity contribution < 1.29 is 18.1 Å². The molecular formula is C6H12Cl2O4P2. The van der Waals surface area contributed by atoms with E-state index in [2.05, 4.69) is 0 Å². The largest absolute Gasteiger partial charge is 0.322 e. The molecule has 0 radical (unpaired) electrons. The summed E-state index contributed by atoms with van der Waals surface area (Å²) in [5.74, 6) is 0. The Morgan fingerprint density at radius 2 is 1.71 bits per heavy atom. The summed E-state index contributed by atoms with van der Waals surface area (Å²) in [6.07, 6.45) is 1.18. The molecule has 0 bridgehead atoms. The van der Waals surface area contributed by atoms with Crippen molar-refractivity contribution >= 4 is 37.9 Å². The van der Waals surface area contributed by atoms with Gasteiger partial charge in [0.05, 0.1) is 25.9 Å². The predicted molar refractivity (Wildman–Crippen MR) is 58.6 cm³/mol. The molecule has 0 aliphatic carbocycles. The highest BCUT2D eigenvalue weighted by molar-refractivity contribution is 7.76. The monoisotopic (exact) mass is 280 g/mol. The summed E-state index contributed by atoms with van der Waals surface area (Å²) in [6, 6.07) is 0. The van der Waals surface area contributed by atoms with Crippen LogP contribution in [0.1, 0.15) is 13.3 Å². The summed E-state index contributed by atoms with van der Waals surface area (Å²) in [5.41, 5.74) is 0. The van der Waals surface area contributed by atoms with E-state index in [-0.39, 0.29) is 6.10 Å². The van der Waals surface area contributed by atoms with E-state index in [9.17, 15) is 0 Å². The van der Waals surface area contributed by atoms with Gasteiger partial charge in [-0.25, -0.2) is 0 Å². The van der Waals surface area contributed by atoms with Gasteiger partial charge in [-0.3, -0.25) is 0 Å². The van der Waals surface area contributed by atoms with Gasteiger partial charge in [-0.2, -0.15) is 0 Å². The van der Waals surface area contributed by atoms with Crippen molar-refractivity contribution in [2.45, 2.75) is 19.4 Å². The van der Waals surface area contributed by atoms with E-state index >= 15 is 0 Å². The van der Waals surface area contributed by atoms with Crippen LogP contribution >= 0.6 is 37.9 Å². The molecule has 0 saturated carbocycles. The molecule has 2 heterocycles. The Bertz CT molecular complexity index is 147. The summed E-state index contributed by atoms with van der Waals surface area (Å²) in [5, 5.41) is 0. The fourth-order valence-corrected chi connectivity index (χ4v) is 3.08. The van der Waals surface area contributed by atoms with E-state index in [0.29, 0.717) is 6.61 Å². The zero-order chi connectivity index (χ0) is 10.4. The van der Waals surface area contributed by atoms with E-state index in [1.807, 2.05) is 6.92 Å². The maximum absolute atomic E-state index is 5.44. The molecule has 2 saturated heterocycles. The lowest BCUT2D eigenvalue weighted by Gasteiger charge is -2.14. The minimum atomic E-state index is -1.03. The smallest absolute Gasteiger partial charge is 0.277 e. The van der Waals surface area contributed by atoms with E-state index < -0.39 is 15.5 Å². The zero-order valence-corrected chi connectivity index (χ0v) is 11.0. The molecule has 0 spiro atoms. The Morgan fingerprint density at radius 3 is 1.93 bits per heavy atom. The predicted octanol–water partition coefficient (Wildman–Crippen LogP) is 3.78. The SMILES string of the molecule is CC1COP(Cl)O1.ClP1OCCCO1. The molecule has 14 heavy (non-hydrogen) atoms. The molecule has 2 unspecified atom stereocenters. The van der Waals surface area contributed by atoms with Crippen molar-refractivity contribution in [3.8, 4) is 0 Å². The standard InChI is InChI=1S/2C3H6ClO2P/c1-3-2-5-7(4)6-3;4-7-5-2-1-3-6-7/h3H,2H2,1H3;1-3H2. The van der Waals surface area contributed by atoms with Crippen LogP contribution in [-0.4, -0.2) is 25.9 Å². The lowest BCUT2D eigenvalue weighted by atomic mass is 10.5. The molecule has 2 aliphatic rings. The quantitative estimate of drug-likeness (QED) is 0.633. The van der Waals surface area contributed by atoms with Gasteiger partial charge in [-0.05, 0) is 35.8 Å². The van der Waals surface area contributed by atoms with Gasteiger partial charge in [0.15, 0.2) is 0 Å². The summed E-state index contributed by atoms with van der Waals surface area (Å²) in [6.45, 7) is 4.10. The summed E-state index contributed by atoms with van der Waals surface area (Å²) in [7, 11) is -2.05. The van der Waals surface area contributed by atoms with Crippen LogP contribution in [0.25, 0.3) is 0 Å². The van der Waals surface area contributed by atoms with Crippen LogP contribution in [0.2, 0.25) is 0 Å². The van der Waals surface area contributed by atoms with Crippen LogP contribution in [0, 0.1) is 0 Å². The fraction of sp³-hybridized carbons (Fsp3) is 1.00. The van der Waals surface area contributed by atoms with Gasteiger partial charge in [0.25, 0.3) is 15.5 Å². The Hall–Kier alpha value is 1.28. The number of halogens is 2. The second-order valence-corrected chi connectivity index (χ2v) is 6.15. The van der Waals surface area contributed by atoms with Crippen LogP contribution in [0.3, 0.4) is 0 Å². The number of rotatable bonds is 0. The van der Waals surface area contributed by atoms with Gasteiger partial charge in [0.1, 0.15) is 0 Å². The van der Waals surface area contributed by atoms with Gasteiger partial charge in [0.2, 0.25) is 0 Å². The lowest BCUT2D eigenvalue weighted by Crippen LogP contribution is -2.01.